The fourth-order valence-corrected chi connectivity index (χ4v) is 4.64. The van der Waals surface area contributed by atoms with Gasteiger partial charge in [0.1, 0.15) is 23.4 Å². The van der Waals surface area contributed by atoms with Crippen LogP contribution in [0, 0.1) is 12.8 Å². The summed E-state index contributed by atoms with van der Waals surface area (Å²) in [6.45, 7) is 13.4. The van der Waals surface area contributed by atoms with E-state index in [1.807, 2.05) is 45.0 Å². The van der Waals surface area contributed by atoms with Crippen molar-refractivity contribution in [2.75, 3.05) is 11.9 Å². The van der Waals surface area contributed by atoms with E-state index >= 15 is 0 Å². The molecular weight excluding hydrogens is 518 g/mol. The summed E-state index contributed by atoms with van der Waals surface area (Å²) in [5, 5.41) is 16.1. The second-order valence-corrected chi connectivity index (χ2v) is 12.0. The quantitative estimate of drug-likeness (QED) is 0.211. The Morgan fingerprint density at radius 3 is 2.22 bits per heavy atom. The van der Waals surface area contributed by atoms with Gasteiger partial charge in [0.05, 0.1) is 0 Å². The number of rotatable bonds is 14. The van der Waals surface area contributed by atoms with Crippen LogP contribution in [0.15, 0.2) is 48.5 Å². The van der Waals surface area contributed by atoms with Crippen molar-refractivity contribution in [3.63, 3.8) is 0 Å². The molecular formula is C33H49N3O5. The molecule has 0 aromatic heterocycles. The van der Waals surface area contributed by atoms with E-state index in [1.165, 1.54) is 12.1 Å². The minimum atomic E-state index is -1.04. The summed E-state index contributed by atoms with van der Waals surface area (Å²) >= 11 is 0. The smallest absolute Gasteiger partial charge is 0.408 e. The number of nitrogens with zero attached hydrogens (tertiary/aromatic N) is 1. The Balaban J connectivity index is 2.50. The van der Waals surface area contributed by atoms with E-state index in [2.05, 4.69) is 17.6 Å². The Morgan fingerprint density at radius 2 is 1.61 bits per heavy atom. The molecule has 0 fully saturated rings. The average Bonchev–Trinajstić information content (AvgIpc) is 2.88. The predicted molar refractivity (Wildman–Crippen MR) is 164 cm³/mol. The number of hydrogen-bond donors (Lipinski definition) is 3. The van der Waals surface area contributed by atoms with Gasteiger partial charge in [0.2, 0.25) is 5.91 Å². The topological polar surface area (TPSA) is 108 Å². The minimum Gasteiger partial charge on any atom is -0.508 e. The Hall–Kier alpha value is -3.55. The first kappa shape index (κ1) is 33.7. The molecule has 41 heavy (non-hydrogen) atoms. The summed E-state index contributed by atoms with van der Waals surface area (Å²) in [5.41, 5.74) is 1.28. The van der Waals surface area contributed by atoms with Crippen LogP contribution in [0.4, 0.5) is 10.5 Å². The number of hydrogen-bond acceptors (Lipinski definition) is 5. The normalized spacial score (nSPS) is 12.9. The van der Waals surface area contributed by atoms with Crippen LogP contribution in [0.3, 0.4) is 0 Å². The lowest BCUT2D eigenvalue weighted by Crippen LogP contribution is -2.54. The third-order valence-corrected chi connectivity index (χ3v) is 6.79. The molecule has 0 spiro atoms. The molecule has 8 heteroatoms. The summed E-state index contributed by atoms with van der Waals surface area (Å²) in [6, 6.07) is 11.9. The Morgan fingerprint density at radius 1 is 0.951 bits per heavy atom. The molecule has 2 aromatic carbocycles. The number of phenolic OH excluding ortho intramolecular Hbond substituents is 1. The largest absolute Gasteiger partial charge is 0.508 e. The third-order valence-electron chi connectivity index (χ3n) is 6.79. The number of carbonyl (C=O) groups is 3. The molecule has 0 heterocycles. The Kier molecular flexibility index (Phi) is 13.2. The SMILES string of the molecule is CCCCCCCCN(C(=O)C(NC(=O)OC(C)(C)C)C(C)C)C(C(=O)Nc1ccccc1C)c1cccc(O)c1. The summed E-state index contributed by atoms with van der Waals surface area (Å²) in [4.78, 5) is 42.6. The van der Waals surface area contributed by atoms with E-state index in [1.54, 1.807) is 37.8 Å². The van der Waals surface area contributed by atoms with Gasteiger partial charge in [0.15, 0.2) is 0 Å². The van der Waals surface area contributed by atoms with Gasteiger partial charge in [-0.3, -0.25) is 9.59 Å². The molecule has 3 amide bonds. The van der Waals surface area contributed by atoms with Crippen molar-refractivity contribution in [3.05, 3.63) is 59.7 Å². The van der Waals surface area contributed by atoms with E-state index in [9.17, 15) is 19.5 Å². The van der Waals surface area contributed by atoms with Crippen LogP contribution in [0.5, 0.6) is 5.75 Å². The van der Waals surface area contributed by atoms with E-state index < -0.39 is 29.7 Å². The number of unbranched alkanes of at least 4 members (excludes halogenated alkanes) is 5. The highest BCUT2D eigenvalue weighted by Gasteiger charge is 2.37. The maximum atomic E-state index is 14.3. The number of aromatic hydroxyl groups is 1. The fraction of sp³-hybridized carbons (Fsp3) is 0.545. The van der Waals surface area contributed by atoms with Crippen molar-refractivity contribution >= 4 is 23.6 Å². The Bertz CT molecular complexity index is 1140. The van der Waals surface area contributed by atoms with Crippen LogP contribution in [-0.2, 0) is 14.3 Å². The molecule has 0 radical (unpaired) electrons. The van der Waals surface area contributed by atoms with Gasteiger partial charge in [0.25, 0.3) is 5.91 Å². The molecule has 3 N–H and O–H groups in total. The summed E-state index contributed by atoms with van der Waals surface area (Å²) in [7, 11) is 0. The van der Waals surface area contributed by atoms with Gasteiger partial charge in [-0.2, -0.15) is 0 Å². The van der Waals surface area contributed by atoms with Crippen LogP contribution in [0.25, 0.3) is 0 Å². The highest BCUT2D eigenvalue weighted by atomic mass is 16.6. The van der Waals surface area contributed by atoms with Crippen molar-refractivity contribution in [1.29, 1.82) is 0 Å². The molecule has 8 nitrogen and oxygen atoms in total. The number of nitrogens with one attached hydrogen (secondary N) is 2. The van der Waals surface area contributed by atoms with E-state index in [-0.39, 0.29) is 17.6 Å². The molecule has 0 saturated carbocycles. The van der Waals surface area contributed by atoms with Crippen LogP contribution in [0.1, 0.15) is 97.2 Å². The second kappa shape index (κ2) is 16.0. The number of phenols is 1. The molecule has 0 aliphatic rings. The van der Waals surface area contributed by atoms with Crippen LogP contribution < -0.4 is 10.6 Å². The summed E-state index contributed by atoms with van der Waals surface area (Å²) < 4.78 is 5.45. The van der Waals surface area contributed by atoms with Crippen LogP contribution >= 0.6 is 0 Å². The van der Waals surface area contributed by atoms with Gasteiger partial charge in [0, 0.05) is 12.2 Å². The van der Waals surface area contributed by atoms with Gasteiger partial charge in [-0.25, -0.2) is 4.79 Å². The molecule has 2 rings (SSSR count). The van der Waals surface area contributed by atoms with E-state index in [0.717, 1.165) is 37.7 Å². The molecule has 226 valence electrons. The first-order chi connectivity index (χ1) is 19.3. The molecule has 0 bridgehead atoms. The van der Waals surface area contributed by atoms with Gasteiger partial charge in [-0.15, -0.1) is 0 Å². The summed E-state index contributed by atoms with van der Waals surface area (Å²) in [5.74, 6) is -1.06. The monoisotopic (exact) mass is 567 g/mol. The standard InChI is InChI=1S/C33H49N3O5/c1-8-9-10-11-12-15-21-36(31(39)28(23(2)3)35-32(40)41-33(5,6)7)29(25-18-16-19-26(37)22-25)30(38)34-27-20-14-13-17-24(27)4/h13-14,16-20,22-23,28-29,37H,8-12,15,21H2,1-7H3,(H,34,38)(H,35,40). The third kappa shape index (κ3) is 11.1. The lowest BCUT2D eigenvalue weighted by atomic mass is 9.98. The summed E-state index contributed by atoms with van der Waals surface area (Å²) in [6.07, 6.45) is 5.34. The number of alkyl carbamates (subject to hydrolysis) is 1. The molecule has 2 unspecified atom stereocenters. The number of amides is 3. The van der Waals surface area contributed by atoms with Crippen molar-refractivity contribution in [3.8, 4) is 5.75 Å². The zero-order valence-corrected chi connectivity index (χ0v) is 25.8. The van der Waals surface area contributed by atoms with Gasteiger partial charge in [-0.05, 0) is 69.4 Å². The first-order valence-electron chi connectivity index (χ1n) is 14.8. The number of para-hydroxylation sites is 1. The molecule has 0 saturated heterocycles. The van der Waals surface area contributed by atoms with Crippen molar-refractivity contribution in [2.45, 2.75) is 105 Å². The number of benzene rings is 2. The number of ether oxygens (including phenoxy) is 1. The number of aryl methyl sites for hydroxylation is 1. The van der Waals surface area contributed by atoms with Gasteiger partial charge in [-0.1, -0.05) is 83.2 Å². The van der Waals surface area contributed by atoms with Gasteiger partial charge >= 0.3 is 6.09 Å². The Labute approximate surface area is 245 Å². The molecule has 2 aromatic rings. The lowest BCUT2D eigenvalue weighted by Gasteiger charge is -2.35. The molecule has 0 aliphatic heterocycles. The highest BCUT2D eigenvalue weighted by molar-refractivity contribution is 5.99. The molecule has 0 aliphatic carbocycles. The minimum absolute atomic E-state index is 0.00422. The first-order valence-corrected chi connectivity index (χ1v) is 14.8. The lowest BCUT2D eigenvalue weighted by molar-refractivity contribution is -0.141. The second-order valence-electron chi connectivity index (χ2n) is 12.0. The van der Waals surface area contributed by atoms with E-state index in [4.69, 9.17) is 4.74 Å². The van der Waals surface area contributed by atoms with E-state index in [0.29, 0.717) is 24.2 Å². The molecule has 2 atom stereocenters. The fourth-order valence-electron chi connectivity index (χ4n) is 4.64. The van der Waals surface area contributed by atoms with Crippen molar-refractivity contribution in [2.24, 2.45) is 5.92 Å². The maximum Gasteiger partial charge on any atom is 0.408 e. The van der Waals surface area contributed by atoms with Gasteiger partial charge < -0.3 is 25.4 Å². The van der Waals surface area contributed by atoms with Crippen LogP contribution in [-0.4, -0.2) is 46.1 Å². The van der Waals surface area contributed by atoms with Crippen molar-refractivity contribution < 1.29 is 24.2 Å². The zero-order valence-electron chi connectivity index (χ0n) is 25.8. The number of anilines is 1. The highest BCUT2D eigenvalue weighted by Crippen LogP contribution is 2.29. The number of carbonyl (C=O) groups excluding carboxylic acids is 3. The zero-order chi connectivity index (χ0) is 30.6. The van der Waals surface area contributed by atoms with Crippen molar-refractivity contribution in [1.82, 2.24) is 10.2 Å². The predicted octanol–water partition coefficient (Wildman–Crippen LogP) is 7.12. The maximum absolute atomic E-state index is 14.3. The average molecular weight is 568 g/mol. The van der Waals surface area contributed by atoms with Crippen LogP contribution in [0.2, 0.25) is 0 Å².